The Morgan fingerprint density at radius 3 is 2.40 bits per heavy atom. The van der Waals surface area contributed by atoms with Crippen molar-refractivity contribution in [2.45, 2.75) is 33.2 Å². The van der Waals surface area contributed by atoms with Crippen LogP contribution in [0, 0.1) is 5.92 Å². The lowest BCUT2D eigenvalue weighted by atomic mass is 9.99. The lowest BCUT2D eigenvalue weighted by Crippen LogP contribution is -2.26. The molecule has 0 N–H and O–H groups in total. The third-order valence-electron chi connectivity index (χ3n) is 2.66. The minimum atomic E-state index is -0.190. The highest BCUT2D eigenvalue weighted by molar-refractivity contribution is 5.74. The molecule has 0 saturated carbocycles. The van der Waals surface area contributed by atoms with E-state index in [4.69, 9.17) is 4.74 Å². The molecule has 1 heterocycles. The summed E-state index contributed by atoms with van der Waals surface area (Å²) in [5, 5.41) is 0. The van der Waals surface area contributed by atoms with Crippen molar-refractivity contribution in [3.8, 4) is 0 Å². The molecule has 0 saturated heterocycles. The Morgan fingerprint density at radius 1 is 1.33 bits per heavy atom. The number of hydrogen-bond donors (Lipinski definition) is 0. The lowest BCUT2D eigenvalue weighted by Gasteiger charge is -2.22. The van der Waals surface area contributed by atoms with Crippen molar-refractivity contribution in [1.29, 1.82) is 0 Å². The van der Waals surface area contributed by atoms with E-state index in [1.54, 1.807) is 0 Å². The maximum atomic E-state index is 11.8. The van der Waals surface area contributed by atoms with Gasteiger partial charge in [0.25, 0.3) is 0 Å². The smallest absolute Gasteiger partial charge is 0.329 e. The Labute approximate surface area is 91.0 Å². The van der Waals surface area contributed by atoms with Gasteiger partial charge in [-0.1, -0.05) is 20.3 Å². The highest BCUT2D eigenvalue weighted by Crippen LogP contribution is 2.22. The minimum Gasteiger partial charge on any atom is -0.464 e. The van der Waals surface area contributed by atoms with Gasteiger partial charge in [-0.3, -0.25) is 0 Å². The van der Waals surface area contributed by atoms with Gasteiger partial charge in [0.2, 0.25) is 0 Å². The van der Waals surface area contributed by atoms with E-state index in [0.29, 0.717) is 6.61 Å². The van der Waals surface area contributed by atoms with Gasteiger partial charge >= 0.3 is 5.97 Å². The quantitative estimate of drug-likeness (QED) is 0.698. The standard InChI is InChI=1S/C12H19NO2/c1-4-10(3)11(12(14)15-5-2)13-8-6-7-9-13/h6-11H,4-5H2,1-3H3/t10-,11+/m0/s1. The Hall–Kier alpha value is -1.25. The van der Waals surface area contributed by atoms with Crippen LogP contribution in [0.3, 0.4) is 0 Å². The molecule has 3 nitrogen and oxygen atoms in total. The van der Waals surface area contributed by atoms with Gasteiger partial charge in [-0.15, -0.1) is 0 Å². The molecule has 0 spiro atoms. The fourth-order valence-electron chi connectivity index (χ4n) is 1.63. The lowest BCUT2D eigenvalue weighted by molar-refractivity contribution is -0.148. The van der Waals surface area contributed by atoms with Crippen LogP contribution in [0.25, 0.3) is 0 Å². The number of esters is 1. The second kappa shape index (κ2) is 5.59. The van der Waals surface area contributed by atoms with Crippen molar-refractivity contribution in [1.82, 2.24) is 4.57 Å². The van der Waals surface area contributed by atoms with E-state index in [-0.39, 0.29) is 17.9 Å². The molecule has 0 amide bonds. The van der Waals surface area contributed by atoms with Gasteiger partial charge in [0.1, 0.15) is 6.04 Å². The van der Waals surface area contributed by atoms with E-state index >= 15 is 0 Å². The first kappa shape index (κ1) is 11.8. The predicted molar refractivity (Wildman–Crippen MR) is 59.6 cm³/mol. The SMILES string of the molecule is CCOC(=O)[C@@H]([C@@H](C)CC)n1cccc1. The second-order valence-electron chi connectivity index (χ2n) is 3.71. The van der Waals surface area contributed by atoms with Crippen LogP contribution >= 0.6 is 0 Å². The van der Waals surface area contributed by atoms with Crippen LogP contribution in [0.2, 0.25) is 0 Å². The van der Waals surface area contributed by atoms with Gasteiger partial charge in [-0.2, -0.15) is 0 Å². The predicted octanol–water partition coefficient (Wildman–Crippen LogP) is 2.64. The van der Waals surface area contributed by atoms with E-state index in [1.165, 1.54) is 0 Å². The first-order valence-electron chi connectivity index (χ1n) is 5.49. The molecule has 0 radical (unpaired) electrons. The minimum absolute atomic E-state index is 0.136. The van der Waals surface area contributed by atoms with Gasteiger partial charge < -0.3 is 9.30 Å². The van der Waals surface area contributed by atoms with Crippen molar-refractivity contribution < 1.29 is 9.53 Å². The molecule has 0 fully saturated rings. The summed E-state index contributed by atoms with van der Waals surface area (Å²) >= 11 is 0. The molecule has 0 unspecified atom stereocenters. The zero-order valence-corrected chi connectivity index (χ0v) is 9.64. The number of ether oxygens (including phenoxy) is 1. The average molecular weight is 209 g/mol. The maximum absolute atomic E-state index is 11.8. The summed E-state index contributed by atoms with van der Waals surface area (Å²) in [6.45, 7) is 6.43. The molecule has 0 aliphatic carbocycles. The van der Waals surface area contributed by atoms with Crippen molar-refractivity contribution in [3.05, 3.63) is 24.5 Å². The summed E-state index contributed by atoms with van der Waals surface area (Å²) in [6.07, 6.45) is 4.78. The van der Waals surface area contributed by atoms with Crippen molar-refractivity contribution in [2.75, 3.05) is 6.61 Å². The molecule has 1 rings (SSSR count). The van der Waals surface area contributed by atoms with E-state index in [2.05, 4.69) is 13.8 Å². The maximum Gasteiger partial charge on any atom is 0.329 e. The number of nitrogens with zero attached hydrogens (tertiary/aromatic N) is 1. The van der Waals surface area contributed by atoms with E-state index in [9.17, 15) is 4.79 Å². The molecule has 3 heteroatoms. The molecular weight excluding hydrogens is 190 g/mol. The normalized spacial score (nSPS) is 14.6. The van der Waals surface area contributed by atoms with Crippen LogP contribution in [0.15, 0.2) is 24.5 Å². The van der Waals surface area contributed by atoms with E-state index in [1.807, 2.05) is 36.0 Å². The molecule has 15 heavy (non-hydrogen) atoms. The van der Waals surface area contributed by atoms with Crippen LogP contribution in [0.1, 0.15) is 33.2 Å². The highest BCUT2D eigenvalue weighted by atomic mass is 16.5. The van der Waals surface area contributed by atoms with Crippen LogP contribution in [0.5, 0.6) is 0 Å². The van der Waals surface area contributed by atoms with Gasteiger partial charge in [0, 0.05) is 12.4 Å². The largest absolute Gasteiger partial charge is 0.464 e. The molecular formula is C12H19NO2. The summed E-state index contributed by atoms with van der Waals surface area (Å²) in [7, 11) is 0. The van der Waals surface area contributed by atoms with Crippen molar-refractivity contribution >= 4 is 5.97 Å². The summed E-state index contributed by atoms with van der Waals surface area (Å²) in [5.41, 5.74) is 0. The first-order valence-corrected chi connectivity index (χ1v) is 5.49. The van der Waals surface area contributed by atoms with Crippen LogP contribution in [-0.2, 0) is 9.53 Å². The van der Waals surface area contributed by atoms with Crippen molar-refractivity contribution in [3.63, 3.8) is 0 Å². The number of hydrogen-bond acceptors (Lipinski definition) is 2. The van der Waals surface area contributed by atoms with Crippen LogP contribution in [0.4, 0.5) is 0 Å². The highest BCUT2D eigenvalue weighted by Gasteiger charge is 2.26. The topological polar surface area (TPSA) is 31.2 Å². The monoisotopic (exact) mass is 209 g/mol. The molecule has 0 aliphatic rings. The van der Waals surface area contributed by atoms with Gasteiger partial charge in [0.15, 0.2) is 0 Å². The Bertz CT molecular complexity index is 293. The number of aromatic nitrogens is 1. The summed E-state index contributed by atoms with van der Waals surface area (Å²) in [6, 6.07) is 3.66. The van der Waals surface area contributed by atoms with Crippen LogP contribution in [-0.4, -0.2) is 17.1 Å². The Morgan fingerprint density at radius 2 is 1.93 bits per heavy atom. The van der Waals surface area contributed by atoms with Crippen molar-refractivity contribution in [2.24, 2.45) is 5.92 Å². The van der Waals surface area contributed by atoms with Gasteiger partial charge in [0.05, 0.1) is 6.61 Å². The van der Waals surface area contributed by atoms with E-state index < -0.39 is 0 Å². The fourth-order valence-corrected chi connectivity index (χ4v) is 1.63. The average Bonchev–Trinajstić information content (AvgIpc) is 2.71. The number of carbonyl (C=O) groups excluding carboxylic acids is 1. The third-order valence-corrected chi connectivity index (χ3v) is 2.66. The van der Waals surface area contributed by atoms with Crippen LogP contribution < -0.4 is 0 Å². The Balaban J connectivity index is 2.83. The summed E-state index contributed by atoms with van der Waals surface area (Å²) in [5.74, 6) is 0.152. The molecule has 0 aliphatic heterocycles. The first-order chi connectivity index (χ1) is 7.20. The third kappa shape index (κ3) is 2.85. The molecule has 2 atom stereocenters. The zero-order valence-electron chi connectivity index (χ0n) is 9.64. The van der Waals surface area contributed by atoms with Gasteiger partial charge in [-0.05, 0) is 25.0 Å². The molecule has 0 bridgehead atoms. The molecule has 84 valence electrons. The fraction of sp³-hybridized carbons (Fsp3) is 0.583. The summed E-state index contributed by atoms with van der Waals surface area (Å²) in [4.78, 5) is 11.8. The Kier molecular flexibility index (Phi) is 4.40. The number of rotatable bonds is 5. The zero-order chi connectivity index (χ0) is 11.3. The molecule has 1 aromatic rings. The molecule has 0 aromatic carbocycles. The summed E-state index contributed by atoms with van der Waals surface area (Å²) < 4.78 is 7.01. The number of carbonyl (C=O) groups is 1. The molecule has 1 aromatic heterocycles. The second-order valence-corrected chi connectivity index (χ2v) is 3.71. The van der Waals surface area contributed by atoms with Gasteiger partial charge in [-0.25, -0.2) is 4.79 Å². The van der Waals surface area contributed by atoms with E-state index in [0.717, 1.165) is 6.42 Å².